The smallest absolute Gasteiger partial charge is 0.289 e. The highest BCUT2D eigenvalue weighted by Gasteiger charge is 2.22. The fourth-order valence-electron chi connectivity index (χ4n) is 3.49. The number of carbonyl (C=O) groups excluding carboxylic acids is 1. The molecule has 1 fully saturated rings. The normalized spacial score (nSPS) is 14.2. The Hall–Kier alpha value is -3.20. The fourth-order valence-corrected chi connectivity index (χ4v) is 3.49. The standard InChI is InChI=1S/C21H21F2N5O2/c1-12-9-13(2)25-18-17(12)20(28-5-7-30-8-6-28)27-19(26-18)21(29)24-11-14-10-15(22)3-4-16(14)23/h3-4,9-10H,5-8,11H2,1-2H3,(H,24,29). The average Bonchev–Trinajstić information content (AvgIpc) is 2.73. The molecule has 3 heterocycles. The molecule has 1 aliphatic heterocycles. The Kier molecular flexibility index (Phi) is 5.54. The van der Waals surface area contributed by atoms with Crippen molar-refractivity contribution in [2.45, 2.75) is 20.4 Å². The van der Waals surface area contributed by atoms with Gasteiger partial charge < -0.3 is 15.0 Å². The molecule has 0 spiro atoms. The monoisotopic (exact) mass is 413 g/mol. The van der Waals surface area contributed by atoms with Crippen LogP contribution in [0.3, 0.4) is 0 Å². The molecule has 1 N–H and O–H groups in total. The van der Waals surface area contributed by atoms with Crippen LogP contribution in [-0.2, 0) is 11.3 Å². The lowest BCUT2D eigenvalue weighted by atomic mass is 10.1. The van der Waals surface area contributed by atoms with Crippen LogP contribution in [0.5, 0.6) is 0 Å². The number of nitrogens with one attached hydrogen (secondary N) is 1. The van der Waals surface area contributed by atoms with Crippen molar-refractivity contribution >= 4 is 22.8 Å². The summed E-state index contributed by atoms with van der Waals surface area (Å²) in [4.78, 5) is 28.1. The average molecular weight is 413 g/mol. The number of rotatable bonds is 4. The van der Waals surface area contributed by atoms with Gasteiger partial charge in [-0.05, 0) is 43.7 Å². The predicted molar refractivity (Wildman–Crippen MR) is 107 cm³/mol. The van der Waals surface area contributed by atoms with Crippen molar-refractivity contribution in [3.63, 3.8) is 0 Å². The van der Waals surface area contributed by atoms with Crippen molar-refractivity contribution < 1.29 is 18.3 Å². The number of nitrogens with zero attached hydrogens (tertiary/aromatic N) is 4. The summed E-state index contributed by atoms with van der Waals surface area (Å²) in [6, 6.07) is 5.04. The maximum Gasteiger partial charge on any atom is 0.289 e. The molecule has 0 saturated carbocycles. The molecule has 4 rings (SSSR count). The number of anilines is 1. The molecule has 7 nitrogen and oxygen atoms in total. The lowest BCUT2D eigenvalue weighted by molar-refractivity contribution is 0.0940. The van der Waals surface area contributed by atoms with Gasteiger partial charge in [0.25, 0.3) is 5.91 Å². The van der Waals surface area contributed by atoms with Crippen molar-refractivity contribution in [1.82, 2.24) is 20.3 Å². The molecule has 156 valence electrons. The Morgan fingerprint density at radius 2 is 1.90 bits per heavy atom. The molecule has 0 atom stereocenters. The number of aryl methyl sites for hydroxylation is 2. The van der Waals surface area contributed by atoms with E-state index in [1.807, 2.05) is 24.8 Å². The molecule has 0 unspecified atom stereocenters. The number of ether oxygens (including phenoxy) is 1. The van der Waals surface area contributed by atoms with Gasteiger partial charge in [-0.25, -0.2) is 23.7 Å². The molecule has 30 heavy (non-hydrogen) atoms. The van der Waals surface area contributed by atoms with E-state index in [0.717, 1.165) is 34.8 Å². The summed E-state index contributed by atoms with van der Waals surface area (Å²) >= 11 is 0. The van der Waals surface area contributed by atoms with Crippen LogP contribution in [0, 0.1) is 25.5 Å². The zero-order valence-corrected chi connectivity index (χ0v) is 16.7. The molecule has 1 saturated heterocycles. The number of amides is 1. The first-order valence-corrected chi connectivity index (χ1v) is 9.63. The van der Waals surface area contributed by atoms with Gasteiger partial charge in [-0.2, -0.15) is 0 Å². The largest absolute Gasteiger partial charge is 0.378 e. The number of hydrogen-bond acceptors (Lipinski definition) is 6. The molecule has 2 aromatic heterocycles. The Balaban J connectivity index is 1.69. The molecule has 0 bridgehead atoms. The van der Waals surface area contributed by atoms with Gasteiger partial charge in [-0.3, -0.25) is 4.79 Å². The van der Waals surface area contributed by atoms with Crippen LogP contribution in [0.2, 0.25) is 0 Å². The van der Waals surface area contributed by atoms with E-state index < -0.39 is 17.5 Å². The van der Waals surface area contributed by atoms with Crippen LogP contribution in [-0.4, -0.2) is 47.2 Å². The van der Waals surface area contributed by atoms with Gasteiger partial charge in [0.15, 0.2) is 5.65 Å². The van der Waals surface area contributed by atoms with E-state index in [9.17, 15) is 13.6 Å². The second kappa shape index (κ2) is 8.27. The van der Waals surface area contributed by atoms with Gasteiger partial charge in [0.1, 0.15) is 17.5 Å². The highest BCUT2D eigenvalue weighted by Crippen LogP contribution is 2.27. The van der Waals surface area contributed by atoms with Crippen molar-refractivity contribution in [1.29, 1.82) is 0 Å². The minimum Gasteiger partial charge on any atom is -0.378 e. The van der Waals surface area contributed by atoms with E-state index in [1.165, 1.54) is 0 Å². The number of carbonyl (C=O) groups is 1. The maximum atomic E-state index is 13.8. The number of aromatic nitrogens is 3. The van der Waals surface area contributed by atoms with Crippen LogP contribution in [0.15, 0.2) is 24.3 Å². The van der Waals surface area contributed by atoms with Gasteiger partial charge in [-0.1, -0.05) is 0 Å². The summed E-state index contributed by atoms with van der Waals surface area (Å²) in [7, 11) is 0. The van der Waals surface area contributed by atoms with Crippen LogP contribution >= 0.6 is 0 Å². The molecule has 1 aromatic carbocycles. The summed E-state index contributed by atoms with van der Waals surface area (Å²) in [5.41, 5.74) is 2.21. The molecule has 1 aliphatic rings. The third kappa shape index (κ3) is 4.06. The van der Waals surface area contributed by atoms with Gasteiger partial charge in [0.2, 0.25) is 5.82 Å². The molecule has 3 aromatic rings. The number of benzene rings is 1. The van der Waals surface area contributed by atoms with Crippen LogP contribution in [0.4, 0.5) is 14.6 Å². The van der Waals surface area contributed by atoms with Crippen LogP contribution in [0.25, 0.3) is 11.0 Å². The maximum absolute atomic E-state index is 13.8. The van der Waals surface area contributed by atoms with Crippen molar-refractivity contribution in [2.75, 3.05) is 31.2 Å². The van der Waals surface area contributed by atoms with Gasteiger partial charge >= 0.3 is 0 Å². The first kappa shape index (κ1) is 20.1. The van der Waals surface area contributed by atoms with Crippen molar-refractivity contribution in [3.8, 4) is 0 Å². The molecule has 1 amide bonds. The van der Waals surface area contributed by atoms with Gasteiger partial charge in [0, 0.05) is 30.9 Å². The topological polar surface area (TPSA) is 80.2 Å². The minimum absolute atomic E-state index is 0.0438. The number of halogens is 2. The van der Waals surface area contributed by atoms with Gasteiger partial charge in [-0.15, -0.1) is 0 Å². The molecular formula is C21H21F2N5O2. The summed E-state index contributed by atoms with van der Waals surface area (Å²) in [5.74, 6) is -1.21. The van der Waals surface area contributed by atoms with Crippen molar-refractivity contribution in [2.24, 2.45) is 0 Å². The first-order chi connectivity index (χ1) is 14.4. The Labute approximate surface area is 172 Å². The molecule has 0 aliphatic carbocycles. The van der Waals surface area contributed by atoms with E-state index in [1.54, 1.807) is 0 Å². The van der Waals surface area contributed by atoms with Crippen LogP contribution < -0.4 is 10.2 Å². The molecule has 9 heteroatoms. The number of morpholine rings is 1. The first-order valence-electron chi connectivity index (χ1n) is 9.63. The highest BCUT2D eigenvalue weighted by atomic mass is 19.1. The Morgan fingerprint density at radius 3 is 2.67 bits per heavy atom. The summed E-state index contributed by atoms with van der Waals surface area (Å²) in [6.45, 7) is 6.02. The predicted octanol–water partition coefficient (Wildman–Crippen LogP) is 2.69. The third-order valence-electron chi connectivity index (χ3n) is 4.93. The van der Waals surface area contributed by atoms with Crippen LogP contribution in [0.1, 0.15) is 27.4 Å². The van der Waals surface area contributed by atoms with E-state index >= 15 is 0 Å². The van der Waals surface area contributed by atoms with Crippen molar-refractivity contribution in [3.05, 3.63) is 58.5 Å². The van der Waals surface area contributed by atoms with E-state index in [2.05, 4.69) is 20.3 Å². The lowest BCUT2D eigenvalue weighted by Crippen LogP contribution is -2.37. The molecular weight excluding hydrogens is 392 g/mol. The number of pyridine rings is 1. The van der Waals surface area contributed by atoms with E-state index in [-0.39, 0.29) is 17.9 Å². The molecule has 0 radical (unpaired) electrons. The van der Waals surface area contributed by atoms with E-state index in [0.29, 0.717) is 37.8 Å². The Bertz CT molecular complexity index is 1120. The highest BCUT2D eigenvalue weighted by molar-refractivity contribution is 5.96. The third-order valence-corrected chi connectivity index (χ3v) is 4.93. The zero-order chi connectivity index (χ0) is 21.3. The number of hydrogen-bond donors (Lipinski definition) is 1. The minimum atomic E-state index is -0.599. The second-order valence-electron chi connectivity index (χ2n) is 7.17. The zero-order valence-electron chi connectivity index (χ0n) is 16.7. The second-order valence-corrected chi connectivity index (χ2v) is 7.17. The lowest BCUT2D eigenvalue weighted by Gasteiger charge is -2.29. The number of fused-ring (bicyclic) bond motifs is 1. The summed E-state index contributed by atoms with van der Waals surface area (Å²) in [6.07, 6.45) is 0. The summed E-state index contributed by atoms with van der Waals surface area (Å²) in [5, 5.41) is 3.35. The SMILES string of the molecule is Cc1cc(C)c2c(N3CCOCC3)nc(C(=O)NCc3cc(F)ccc3F)nc2n1. The van der Waals surface area contributed by atoms with Gasteiger partial charge in [0.05, 0.1) is 18.6 Å². The Morgan fingerprint density at radius 1 is 1.13 bits per heavy atom. The summed E-state index contributed by atoms with van der Waals surface area (Å²) < 4.78 is 32.6. The van der Waals surface area contributed by atoms with E-state index in [4.69, 9.17) is 4.74 Å². The fraction of sp³-hybridized carbons (Fsp3) is 0.333. The quantitative estimate of drug-likeness (QED) is 0.709.